The maximum atomic E-state index is 12.3. The van der Waals surface area contributed by atoms with E-state index in [2.05, 4.69) is 29.6 Å². The highest BCUT2D eigenvalue weighted by atomic mass is 35.5. The Balaban J connectivity index is 1.51. The van der Waals surface area contributed by atoms with Crippen molar-refractivity contribution in [3.8, 4) is 5.75 Å². The first-order chi connectivity index (χ1) is 16.0. The van der Waals surface area contributed by atoms with Crippen LogP contribution < -0.4 is 10.1 Å². The molecule has 1 aliphatic rings. The van der Waals surface area contributed by atoms with Crippen LogP contribution >= 0.6 is 11.6 Å². The minimum absolute atomic E-state index is 0.0243. The van der Waals surface area contributed by atoms with E-state index in [0.717, 1.165) is 45.3 Å². The number of hydrogen-bond acceptors (Lipinski definition) is 3. The maximum absolute atomic E-state index is 12.3. The number of aliphatic hydroxyl groups is 1. The number of benzene rings is 3. The van der Waals surface area contributed by atoms with Crippen molar-refractivity contribution in [1.29, 1.82) is 0 Å². The minimum Gasteiger partial charge on any atom is -0.484 e. The SMILES string of the molecule is Cc1c(Cl)cccc1C(CCO)c1ccc2ccc(OCC(=O)NC3CCCCC3)cc2c1. The average Bonchev–Trinajstić information content (AvgIpc) is 2.83. The second-order valence-corrected chi connectivity index (χ2v) is 9.39. The molecule has 2 N–H and O–H groups in total. The molecule has 1 saturated carbocycles. The van der Waals surface area contributed by atoms with Crippen LogP contribution in [0.15, 0.2) is 54.6 Å². The van der Waals surface area contributed by atoms with Gasteiger partial charge >= 0.3 is 0 Å². The second kappa shape index (κ2) is 11.0. The number of carbonyl (C=O) groups excluding carboxylic acids is 1. The molecule has 4 rings (SSSR count). The lowest BCUT2D eigenvalue weighted by molar-refractivity contribution is -0.124. The van der Waals surface area contributed by atoms with E-state index in [-0.39, 0.29) is 31.1 Å². The fourth-order valence-electron chi connectivity index (χ4n) is 4.85. The third-order valence-corrected chi connectivity index (χ3v) is 7.09. The first-order valence-corrected chi connectivity index (χ1v) is 12.2. The van der Waals surface area contributed by atoms with Crippen molar-refractivity contribution in [3.05, 3.63) is 76.3 Å². The summed E-state index contributed by atoms with van der Waals surface area (Å²) in [5, 5.41) is 15.7. The molecule has 5 heteroatoms. The largest absolute Gasteiger partial charge is 0.484 e. The van der Waals surface area contributed by atoms with Gasteiger partial charge in [0.2, 0.25) is 0 Å². The lowest BCUT2D eigenvalue weighted by Crippen LogP contribution is -2.38. The van der Waals surface area contributed by atoms with E-state index in [4.69, 9.17) is 16.3 Å². The summed E-state index contributed by atoms with van der Waals surface area (Å²) in [5.74, 6) is 0.662. The molecule has 0 radical (unpaired) electrons. The Morgan fingerprint density at radius 1 is 1.09 bits per heavy atom. The second-order valence-electron chi connectivity index (χ2n) is 8.98. The summed E-state index contributed by atoms with van der Waals surface area (Å²) in [6.07, 6.45) is 6.37. The molecule has 0 spiro atoms. The summed E-state index contributed by atoms with van der Waals surface area (Å²) >= 11 is 6.37. The van der Waals surface area contributed by atoms with Gasteiger partial charge in [-0.2, -0.15) is 0 Å². The smallest absolute Gasteiger partial charge is 0.258 e. The number of hydrogen-bond donors (Lipinski definition) is 2. The van der Waals surface area contributed by atoms with Gasteiger partial charge in [-0.05, 0) is 71.8 Å². The molecule has 1 aliphatic carbocycles. The molecule has 0 bridgehead atoms. The molecule has 3 aromatic carbocycles. The Morgan fingerprint density at radius 3 is 2.67 bits per heavy atom. The van der Waals surface area contributed by atoms with Crippen LogP contribution in [0, 0.1) is 6.92 Å². The third kappa shape index (κ3) is 5.87. The first-order valence-electron chi connectivity index (χ1n) is 11.9. The molecular formula is C28H32ClNO3. The van der Waals surface area contributed by atoms with Gasteiger partial charge in [0.1, 0.15) is 5.75 Å². The van der Waals surface area contributed by atoms with Crippen molar-refractivity contribution in [2.45, 2.75) is 57.4 Å². The molecule has 33 heavy (non-hydrogen) atoms. The van der Waals surface area contributed by atoms with Gasteiger partial charge in [-0.3, -0.25) is 4.79 Å². The highest BCUT2D eigenvalue weighted by molar-refractivity contribution is 6.31. The Labute approximate surface area is 200 Å². The van der Waals surface area contributed by atoms with Crippen molar-refractivity contribution in [3.63, 3.8) is 0 Å². The Kier molecular flexibility index (Phi) is 7.89. The molecule has 4 nitrogen and oxygen atoms in total. The zero-order chi connectivity index (χ0) is 23.2. The van der Waals surface area contributed by atoms with E-state index in [9.17, 15) is 9.90 Å². The van der Waals surface area contributed by atoms with Gasteiger partial charge in [-0.25, -0.2) is 0 Å². The summed E-state index contributed by atoms with van der Waals surface area (Å²) < 4.78 is 5.82. The minimum atomic E-state index is -0.0600. The summed E-state index contributed by atoms with van der Waals surface area (Å²) in [6, 6.07) is 18.5. The van der Waals surface area contributed by atoms with Crippen molar-refractivity contribution >= 4 is 28.3 Å². The van der Waals surface area contributed by atoms with Gasteiger partial charge < -0.3 is 15.2 Å². The number of amides is 1. The van der Waals surface area contributed by atoms with Gasteiger partial charge in [-0.15, -0.1) is 0 Å². The number of aliphatic hydroxyl groups excluding tert-OH is 1. The highest BCUT2D eigenvalue weighted by Gasteiger charge is 2.18. The van der Waals surface area contributed by atoms with Crippen molar-refractivity contribution in [2.75, 3.05) is 13.2 Å². The van der Waals surface area contributed by atoms with Gasteiger partial charge in [0.05, 0.1) is 0 Å². The monoisotopic (exact) mass is 465 g/mol. The number of halogens is 1. The predicted octanol–water partition coefficient (Wildman–Crippen LogP) is 6.14. The molecule has 1 unspecified atom stereocenters. The summed E-state index contributed by atoms with van der Waals surface area (Å²) in [6.45, 7) is 2.14. The normalized spacial score (nSPS) is 15.4. The quantitative estimate of drug-likeness (QED) is 0.420. The zero-order valence-electron chi connectivity index (χ0n) is 19.1. The van der Waals surface area contributed by atoms with Crippen LogP contribution in [0.25, 0.3) is 10.8 Å². The molecule has 0 aromatic heterocycles. The van der Waals surface area contributed by atoms with Crippen molar-refractivity contribution in [2.24, 2.45) is 0 Å². The van der Waals surface area contributed by atoms with Crippen LogP contribution in [0.3, 0.4) is 0 Å². The molecule has 3 aromatic rings. The van der Waals surface area contributed by atoms with Crippen LogP contribution in [0.1, 0.15) is 61.1 Å². The average molecular weight is 466 g/mol. The molecular weight excluding hydrogens is 434 g/mol. The molecule has 1 amide bonds. The van der Waals surface area contributed by atoms with Crippen LogP contribution in [-0.4, -0.2) is 30.3 Å². The van der Waals surface area contributed by atoms with E-state index in [1.54, 1.807) is 0 Å². The first kappa shape index (κ1) is 23.6. The van der Waals surface area contributed by atoms with E-state index < -0.39 is 0 Å². The maximum Gasteiger partial charge on any atom is 0.258 e. The number of carbonyl (C=O) groups is 1. The summed E-state index contributed by atoms with van der Waals surface area (Å²) in [5.41, 5.74) is 3.29. The molecule has 1 atom stereocenters. The van der Waals surface area contributed by atoms with Crippen molar-refractivity contribution in [1.82, 2.24) is 5.32 Å². The topological polar surface area (TPSA) is 58.6 Å². The van der Waals surface area contributed by atoms with E-state index in [1.165, 1.54) is 19.3 Å². The number of rotatable bonds is 8. The number of fused-ring (bicyclic) bond motifs is 1. The molecule has 0 heterocycles. The van der Waals surface area contributed by atoms with E-state index >= 15 is 0 Å². The Bertz CT molecular complexity index is 1110. The van der Waals surface area contributed by atoms with Crippen LogP contribution in [0.4, 0.5) is 0 Å². The third-order valence-electron chi connectivity index (χ3n) is 6.68. The fraction of sp³-hybridized carbons (Fsp3) is 0.393. The Morgan fingerprint density at radius 2 is 1.88 bits per heavy atom. The molecule has 0 aliphatic heterocycles. The van der Waals surface area contributed by atoms with Gasteiger partial charge in [0.15, 0.2) is 6.61 Å². The standard InChI is InChI=1S/C28H32ClNO3/c1-19-25(8-5-9-27(19)29)26(14-15-31)21-11-10-20-12-13-24(17-22(20)16-21)33-18-28(32)30-23-6-3-2-4-7-23/h5,8-13,16-17,23,26,31H,2-4,6-7,14-15,18H2,1H3,(H,30,32). The summed E-state index contributed by atoms with van der Waals surface area (Å²) in [7, 11) is 0. The molecule has 174 valence electrons. The van der Waals surface area contributed by atoms with Gasteiger partial charge in [-0.1, -0.05) is 67.3 Å². The van der Waals surface area contributed by atoms with Gasteiger partial charge in [0.25, 0.3) is 5.91 Å². The van der Waals surface area contributed by atoms with Crippen LogP contribution in [0.2, 0.25) is 5.02 Å². The lowest BCUT2D eigenvalue weighted by Gasteiger charge is -2.22. The molecule has 1 fully saturated rings. The zero-order valence-corrected chi connectivity index (χ0v) is 19.9. The van der Waals surface area contributed by atoms with Crippen LogP contribution in [-0.2, 0) is 4.79 Å². The predicted molar refractivity (Wildman–Crippen MR) is 134 cm³/mol. The number of ether oxygens (including phenoxy) is 1. The van der Waals surface area contributed by atoms with Crippen LogP contribution in [0.5, 0.6) is 5.75 Å². The van der Waals surface area contributed by atoms with Crippen molar-refractivity contribution < 1.29 is 14.6 Å². The lowest BCUT2D eigenvalue weighted by atomic mass is 9.85. The van der Waals surface area contributed by atoms with E-state index in [1.807, 2.05) is 37.3 Å². The van der Waals surface area contributed by atoms with E-state index in [0.29, 0.717) is 12.2 Å². The number of nitrogens with one attached hydrogen (secondary N) is 1. The summed E-state index contributed by atoms with van der Waals surface area (Å²) in [4.78, 5) is 12.3. The Hall–Kier alpha value is -2.56. The molecule has 0 saturated heterocycles. The fourth-order valence-corrected chi connectivity index (χ4v) is 5.03. The van der Waals surface area contributed by atoms with Gasteiger partial charge in [0, 0.05) is 23.6 Å². The highest BCUT2D eigenvalue weighted by Crippen LogP contribution is 2.35.